The minimum atomic E-state index is -0.397. The predicted molar refractivity (Wildman–Crippen MR) is 159 cm³/mol. The Morgan fingerprint density at radius 2 is 1.85 bits per heavy atom. The molecule has 8 nitrogen and oxygen atoms in total. The Morgan fingerprint density at radius 3 is 2.51 bits per heavy atom. The number of nitrogens with one attached hydrogen (secondary N) is 2. The molecule has 3 fully saturated rings. The first-order chi connectivity index (χ1) is 20.0. The van der Waals surface area contributed by atoms with E-state index in [9.17, 15) is 4.79 Å². The van der Waals surface area contributed by atoms with Gasteiger partial charge in [-0.3, -0.25) is 10.4 Å². The first kappa shape index (κ1) is 26.1. The molecule has 1 amide bonds. The summed E-state index contributed by atoms with van der Waals surface area (Å²) < 4.78 is 20.1. The lowest BCUT2D eigenvalue weighted by atomic mass is 9.92. The van der Waals surface area contributed by atoms with E-state index in [0.717, 1.165) is 91.3 Å². The van der Waals surface area contributed by atoms with Crippen LogP contribution in [0.4, 0.5) is 10.5 Å². The van der Waals surface area contributed by atoms with Gasteiger partial charge in [-0.15, -0.1) is 0 Å². The third-order valence-corrected chi connectivity index (χ3v) is 8.95. The molecule has 1 saturated heterocycles. The third-order valence-electron chi connectivity index (χ3n) is 8.95. The molecule has 2 saturated carbocycles. The molecule has 8 heteroatoms. The maximum absolute atomic E-state index is 12.5. The Kier molecular flexibility index (Phi) is 6.95. The van der Waals surface area contributed by atoms with Crippen LogP contribution in [0.15, 0.2) is 48.7 Å². The van der Waals surface area contributed by atoms with Crippen LogP contribution in [0.2, 0.25) is 0 Å². The fourth-order valence-corrected chi connectivity index (χ4v) is 6.20. The summed E-state index contributed by atoms with van der Waals surface area (Å²) in [7, 11) is 0. The lowest BCUT2D eigenvalue weighted by Gasteiger charge is -2.30. The lowest BCUT2D eigenvalue weighted by molar-refractivity contribution is 0.0256. The Morgan fingerprint density at radius 1 is 1.07 bits per heavy atom. The SMILES string of the molecule is Cc1cn[nH]c1-c1c(-c2ccc(NC(=O)OC(C)C3CC3)cc2)n(C2CCC2)c2cc(OC3CCOCC3)ccc12. The Balaban J connectivity index is 1.28. The number of nitrogens with zero attached hydrogens (tertiary/aromatic N) is 2. The van der Waals surface area contributed by atoms with Crippen molar-refractivity contribution < 1.29 is 19.0 Å². The van der Waals surface area contributed by atoms with Crippen molar-refractivity contribution >= 4 is 22.7 Å². The first-order valence-electron chi connectivity index (χ1n) is 15.1. The smallest absolute Gasteiger partial charge is 0.411 e. The molecule has 0 radical (unpaired) electrons. The molecular weight excluding hydrogens is 516 g/mol. The Hall–Kier alpha value is -3.78. The van der Waals surface area contributed by atoms with Crippen molar-refractivity contribution in [2.75, 3.05) is 18.5 Å². The van der Waals surface area contributed by atoms with E-state index in [4.69, 9.17) is 14.2 Å². The quantitative estimate of drug-likeness (QED) is 0.234. The van der Waals surface area contributed by atoms with E-state index < -0.39 is 6.09 Å². The van der Waals surface area contributed by atoms with Crippen molar-refractivity contribution in [2.45, 2.75) is 77.0 Å². The van der Waals surface area contributed by atoms with Gasteiger partial charge in [0.15, 0.2) is 0 Å². The number of anilines is 1. The highest BCUT2D eigenvalue weighted by Gasteiger charge is 2.31. The molecule has 214 valence electrons. The van der Waals surface area contributed by atoms with Gasteiger partial charge in [-0.1, -0.05) is 12.1 Å². The number of H-pyrrole nitrogens is 1. The maximum atomic E-state index is 12.5. The molecule has 0 bridgehead atoms. The van der Waals surface area contributed by atoms with E-state index in [0.29, 0.717) is 12.0 Å². The maximum Gasteiger partial charge on any atom is 0.411 e. The highest BCUT2D eigenvalue weighted by atomic mass is 16.6. The monoisotopic (exact) mass is 554 g/mol. The first-order valence-corrected chi connectivity index (χ1v) is 15.1. The highest BCUT2D eigenvalue weighted by molar-refractivity contribution is 6.05. The molecule has 1 aliphatic heterocycles. The summed E-state index contributed by atoms with van der Waals surface area (Å²) in [6, 6.07) is 15.0. The van der Waals surface area contributed by atoms with Crippen LogP contribution in [0, 0.1) is 12.8 Å². The van der Waals surface area contributed by atoms with E-state index in [2.05, 4.69) is 57.3 Å². The standard InChI is InChI=1S/C33H38N4O4/c1-20-19-34-36-31(20)30-28-13-12-27(41-26-14-16-39-17-15-26)18-29(28)37(25-4-3-5-25)32(30)23-8-10-24(11-9-23)35-33(38)40-21(2)22-6-7-22/h8-13,18-19,21-22,25-26H,3-7,14-17H2,1-2H3,(H,34,36)(H,35,38). The number of ether oxygens (including phenoxy) is 3. The average molecular weight is 555 g/mol. The number of fused-ring (bicyclic) bond motifs is 1. The van der Waals surface area contributed by atoms with E-state index in [1.54, 1.807) is 0 Å². The molecular formula is C33H38N4O4. The van der Waals surface area contributed by atoms with Crippen LogP contribution in [0.5, 0.6) is 5.75 Å². The van der Waals surface area contributed by atoms with Crippen molar-refractivity contribution in [1.29, 1.82) is 0 Å². The van der Waals surface area contributed by atoms with Gasteiger partial charge in [-0.05, 0) is 87.3 Å². The number of aryl methyl sites for hydroxylation is 1. The summed E-state index contributed by atoms with van der Waals surface area (Å²) in [4.78, 5) is 12.5. The fourth-order valence-electron chi connectivity index (χ4n) is 6.20. The molecule has 4 aromatic rings. The second-order valence-corrected chi connectivity index (χ2v) is 11.9. The van der Waals surface area contributed by atoms with E-state index in [-0.39, 0.29) is 12.2 Å². The van der Waals surface area contributed by atoms with Gasteiger partial charge in [-0.25, -0.2) is 4.79 Å². The highest BCUT2D eigenvalue weighted by Crippen LogP contribution is 2.47. The predicted octanol–water partition coefficient (Wildman–Crippen LogP) is 7.64. The van der Waals surface area contributed by atoms with Crippen LogP contribution in [-0.4, -0.2) is 46.3 Å². The van der Waals surface area contributed by atoms with E-state index >= 15 is 0 Å². The Bertz CT molecular complexity index is 1540. The zero-order valence-electron chi connectivity index (χ0n) is 23.8. The van der Waals surface area contributed by atoms with Gasteiger partial charge in [0, 0.05) is 41.6 Å². The fraction of sp³-hybridized carbons (Fsp3) is 0.455. The summed E-state index contributed by atoms with van der Waals surface area (Å²) in [5.74, 6) is 1.41. The van der Waals surface area contributed by atoms with Crippen molar-refractivity contribution in [2.24, 2.45) is 5.92 Å². The van der Waals surface area contributed by atoms with Crippen LogP contribution in [0.3, 0.4) is 0 Å². The number of aromatic nitrogens is 3. The number of benzene rings is 2. The number of rotatable bonds is 8. The summed E-state index contributed by atoms with van der Waals surface area (Å²) in [5.41, 5.74) is 7.44. The van der Waals surface area contributed by atoms with Gasteiger partial charge in [0.1, 0.15) is 18.0 Å². The summed E-state index contributed by atoms with van der Waals surface area (Å²) >= 11 is 0. The third kappa shape index (κ3) is 5.21. The van der Waals surface area contributed by atoms with Crippen LogP contribution in [0.1, 0.15) is 63.5 Å². The van der Waals surface area contributed by atoms with Crippen molar-refractivity contribution in [3.05, 3.63) is 54.2 Å². The van der Waals surface area contributed by atoms with Crippen molar-refractivity contribution in [1.82, 2.24) is 14.8 Å². The molecule has 1 unspecified atom stereocenters. The molecule has 0 spiro atoms. The van der Waals surface area contributed by atoms with Gasteiger partial charge in [0.2, 0.25) is 0 Å². The second kappa shape index (κ2) is 10.9. The zero-order chi connectivity index (χ0) is 27.9. The van der Waals surface area contributed by atoms with Crippen LogP contribution >= 0.6 is 0 Å². The molecule has 2 N–H and O–H groups in total. The molecule has 7 rings (SSSR count). The molecule has 2 aromatic carbocycles. The molecule has 41 heavy (non-hydrogen) atoms. The molecule has 2 aromatic heterocycles. The largest absolute Gasteiger partial charge is 0.490 e. The van der Waals surface area contributed by atoms with Gasteiger partial charge in [0.25, 0.3) is 0 Å². The molecule has 1 atom stereocenters. The number of carbonyl (C=O) groups excluding carboxylic acids is 1. The van der Waals surface area contributed by atoms with E-state index in [1.807, 2.05) is 25.3 Å². The normalized spacial score (nSPS) is 18.7. The topological polar surface area (TPSA) is 90.4 Å². The number of hydrogen-bond acceptors (Lipinski definition) is 5. The Labute approximate surface area is 240 Å². The number of amides is 1. The van der Waals surface area contributed by atoms with Gasteiger partial charge in [-0.2, -0.15) is 5.10 Å². The van der Waals surface area contributed by atoms with E-state index in [1.165, 1.54) is 17.3 Å². The number of aromatic amines is 1. The van der Waals surface area contributed by atoms with Crippen molar-refractivity contribution in [3.8, 4) is 28.3 Å². The minimum absolute atomic E-state index is 0.0482. The lowest BCUT2D eigenvalue weighted by Crippen LogP contribution is -2.25. The molecule has 2 aliphatic carbocycles. The molecule has 3 heterocycles. The van der Waals surface area contributed by atoms with Crippen LogP contribution in [-0.2, 0) is 9.47 Å². The van der Waals surface area contributed by atoms with Gasteiger partial charge < -0.3 is 18.8 Å². The van der Waals surface area contributed by atoms with Gasteiger partial charge in [0.05, 0.1) is 36.3 Å². The van der Waals surface area contributed by atoms with Crippen LogP contribution < -0.4 is 10.1 Å². The van der Waals surface area contributed by atoms with Crippen LogP contribution in [0.25, 0.3) is 33.4 Å². The second-order valence-electron chi connectivity index (χ2n) is 11.9. The summed E-state index contributed by atoms with van der Waals surface area (Å²) in [5, 5.41) is 11.7. The minimum Gasteiger partial charge on any atom is -0.490 e. The average Bonchev–Trinajstić information content (AvgIpc) is 3.65. The molecule has 3 aliphatic rings. The summed E-state index contributed by atoms with van der Waals surface area (Å²) in [6.07, 6.45) is 9.25. The number of carbonyl (C=O) groups is 1. The zero-order valence-corrected chi connectivity index (χ0v) is 23.8. The number of hydrogen-bond donors (Lipinski definition) is 2. The van der Waals surface area contributed by atoms with Crippen molar-refractivity contribution in [3.63, 3.8) is 0 Å². The van der Waals surface area contributed by atoms with Gasteiger partial charge >= 0.3 is 6.09 Å². The summed E-state index contributed by atoms with van der Waals surface area (Å²) in [6.45, 7) is 5.57.